The van der Waals surface area contributed by atoms with Crippen LogP contribution in [0, 0.1) is 0 Å². The molecular weight excluding hydrogens is 312 g/mol. The van der Waals surface area contributed by atoms with Crippen LogP contribution in [0.3, 0.4) is 0 Å². The van der Waals surface area contributed by atoms with Crippen LogP contribution in [-0.4, -0.2) is 39.0 Å². The second kappa shape index (κ2) is 8.66. The van der Waals surface area contributed by atoms with Gasteiger partial charge in [0.15, 0.2) is 17.5 Å². The SMILES string of the molecule is CCNC(=NCc1ccon1)Nc1cc(OC)c(OC)c(OC)c1. The number of hydrogen-bond acceptors (Lipinski definition) is 6. The largest absolute Gasteiger partial charge is 0.493 e. The van der Waals surface area contributed by atoms with Gasteiger partial charge >= 0.3 is 0 Å². The first-order valence-electron chi connectivity index (χ1n) is 7.46. The lowest BCUT2D eigenvalue weighted by Gasteiger charge is -2.16. The van der Waals surface area contributed by atoms with Gasteiger partial charge in [0, 0.05) is 30.4 Å². The zero-order valence-electron chi connectivity index (χ0n) is 14.3. The lowest BCUT2D eigenvalue weighted by molar-refractivity contribution is 0.324. The molecule has 0 aliphatic carbocycles. The van der Waals surface area contributed by atoms with Gasteiger partial charge in [-0.25, -0.2) is 4.99 Å². The molecule has 0 saturated carbocycles. The number of ether oxygens (including phenoxy) is 3. The van der Waals surface area contributed by atoms with Gasteiger partial charge in [-0.1, -0.05) is 5.16 Å². The average Bonchev–Trinajstić information content (AvgIpc) is 3.12. The highest BCUT2D eigenvalue weighted by Gasteiger charge is 2.14. The zero-order chi connectivity index (χ0) is 17.4. The third kappa shape index (κ3) is 4.31. The number of methoxy groups -OCH3 is 3. The average molecular weight is 334 g/mol. The molecule has 0 atom stereocenters. The summed E-state index contributed by atoms with van der Waals surface area (Å²) in [6, 6.07) is 5.39. The predicted molar refractivity (Wildman–Crippen MR) is 91.0 cm³/mol. The van der Waals surface area contributed by atoms with Crippen molar-refractivity contribution < 1.29 is 18.7 Å². The Kier molecular flexibility index (Phi) is 6.30. The van der Waals surface area contributed by atoms with Crippen molar-refractivity contribution in [3.8, 4) is 17.2 Å². The number of anilines is 1. The van der Waals surface area contributed by atoms with Crippen LogP contribution in [0.1, 0.15) is 12.6 Å². The highest BCUT2D eigenvalue weighted by Crippen LogP contribution is 2.39. The number of hydrogen-bond donors (Lipinski definition) is 2. The van der Waals surface area contributed by atoms with Crippen LogP contribution in [0.5, 0.6) is 17.2 Å². The molecule has 1 aromatic carbocycles. The van der Waals surface area contributed by atoms with Gasteiger partial charge in [0.2, 0.25) is 5.75 Å². The van der Waals surface area contributed by atoms with Crippen molar-refractivity contribution >= 4 is 11.6 Å². The Hall–Kier alpha value is -2.90. The summed E-state index contributed by atoms with van der Waals surface area (Å²) < 4.78 is 20.8. The van der Waals surface area contributed by atoms with Gasteiger partial charge in [-0.3, -0.25) is 0 Å². The Balaban J connectivity index is 2.23. The fourth-order valence-electron chi connectivity index (χ4n) is 2.08. The van der Waals surface area contributed by atoms with Crippen LogP contribution in [0.2, 0.25) is 0 Å². The maximum absolute atomic E-state index is 5.35. The predicted octanol–water partition coefficient (Wildman–Crippen LogP) is 2.28. The minimum Gasteiger partial charge on any atom is -0.493 e. The monoisotopic (exact) mass is 334 g/mol. The fourth-order valence-corrected chi connectivity index (χ4v) is 2.08. The van der Waals surface area contributed by atoms with Gasteiger partial charge in [0.05, 0.1) is 27.9 Å². The number of rotatable bonds is 7. The Morgan fingerprint density at radius 2 is 1.88 bits per heavy atom. The third-order valence-electron chi connectivity index (χ3n) is 3.16. The van der Waals surface area contributed by atoms with E-state index >= 15 is 0 Å². The molecule has 0 bridgehead atoms. The summed E-state index contributed by atoms with van der Waals surface area (Å²) in [4.78, 5) is 4.46. The summed E-state index contributed by atoms with van der Waals surface area (Å²) in [7, 11) is 4.72. The number of benzene rings is 1. The van der Waals surface area contributed by atoms with E-state index < -0.39 is 0 Å². The van der Waals surface area contributed by atoms with Gasteiger partial charge in [-0.05, 0) is 6.92 Å². The third-order valence-corrected chi connectivity index (χ3v) is 3.16. The van der Waals surface area contributed by atoms with Gasteiger partial charge < -0.3 is 29.4 Å². The number of guanidine groups is 1. The van der Waals surface area contributed by atoms with Crippen molar-refractivity contribution in [2.24, 2.45) is 4.99 Å². The Bertz CT molecular complexity index is 646. The molecule has 0 fully saturated rings. The van der Waals surface area contributed by atoms with E-state index in [0.29, 0.717) is 29.8 Å². The van der Waals surface area contributed by atoms with Crippen molar-refractivity contribution in [2.75, 3.05) is 33.2 Å². The first kappa shape index (κ1) is 17.5. The second-order valence-corrected chi connectivity index (χ2v) is 4.72. The molecule has 0 radical (unpaired) electrons. The molecule has 1 aromatic heterocycles. The molecule has 8 nitrogen and oxygen atoms in total. The summed E-state index contributed by atoms with van der Waals surface area (Å²) >= 11 is 0. The number of nitrogens with zero attached hydrogens (tertiary/aromatic N) is 2. The van der Waals surface area contributed by atoms with E-state index in [-0.39, 0.29) is 0 Å². The minimum atomic E-state index is 0.399. The van der Waals surface area contributed by atoms with E-state index in [1.54, 1.807) is 27.4 Å². The second-order valence-electron chi connectivity index (χ2n) is 4.72. The first-order chi connectivity index (χ1) is 11.7. The van der Waals surface area contributed by atoms with Crippen molar-refractivity contribution in [3.05, 3.63) is 30.2 Å². The van der Waals surface area contributed by atoms with Gasteiger partial charge in [-0.15, -0.1) is 0 Å². The first-order valence-corrected chi connectivity index (χ1v) is 7.46. The molecule has 2 rings (SSSR count). The molecule has 0 saturated heterocycles. The zero-order valence-corrected chi connectivity index (χ0v) is 14.3. The van der Waals surface area contributed by atoms with Crippen molar-refractivity contribution in [3.63, 3.8) is 0 Å². The molecule has 0 aliphatic rings. The maximum atomic E-state index is 5.35. The molecule has 2 aromatic rings. The Labute approximate surface area is 140 Å². The number of aromatic nitrogens is 1. The van der Waals surface area contributed by atoms with Crippen molar-refractivity contribution in [1.82, 2.24) is 10.5 Å². The van der Waals surface area contributed by atoms with Crippen LogP contribution in [0.4, 0.5) is 5.69 Å². The highest BCUT2D eigenvalue weighted by atomic mass is 16.5. The van der Waals surface area contributed by atoms with Crippen LogP contribution in [0.15, 0.2) is 34.0 Å². The number of nitrogens with one attached hydrogen (secondary N) is 2. The summed E-state index contributed by atoms with van der Waals surface area (Å²) in [5, 5.41) is 10.2. The molecule has 0 spiro atoms. The molecule has 8 heteroatoms. The molecule has 0 amide bonds. The molecule has 1 heterocycles. The van der Waals surface area contributed by atoms with Crippen LogP contribution >= 0.6 is 0 Å². The summed E-state index contributed by atoms with van der Waals surface area (Å²) in [5.74, 6) is 2.27. The van der Waals surface area contributed by atoms with Crippen molar-refractivity contribution in [2.45, 2.75) is 13.5 Å². The van der Waals surface area contributed by atoms with Crippen LogP contribution in [-0.2, 0) is 6.54 Å². The highest BCUT2D eigenvalue weighted by molar-refractivity contribution is 5.94. The molecule has 24 heavy (non-hydrogen) atoms. The Morgan fingerprint density at radius 3 is 2.38 bits per heavy atom. The molecule has 0 unspecified atom stereocenters. The minimum absolute atomic E-state index is 0.399. The van der Waals surface area contributed by atoms with E-state index in [0.717, 1.165) is 17.9 Å². The van der Waals surface area contributed by atoms with E-state index in [1.165, 1.54) is 6.26 Å². The summed E-state index contributed by atoms with van der Waals surface area (Å²) in [6.07, 6.45) is 1.52. The van der Waals surface area contributed by atoms with Gasteiger partial charge in [0.1, 0.15) is 12.0 Å². The lowest BCUT2D eigenvalue weighted by atomic mass is 10.2. The topological polar surface area (TPSA) is 90.1 Å². The Morgan fingerprint density at radius 1 is 1.17 bits per heavy atom. The molecule has 2 N–H and O–H groups in total. The van der Waals surface area contributed by atoms with Crippen molar-refractivity contribution in [1.29, 1.82) is 0 Å². The number of aliphatic imine (C=N–C) groups is 1. The van der Waals surface area contributed by atoms with Crippen LogP contribution in [0.25, 0.3) is 0 Å². The van der Waals surface area contributed by atoms with E-state index in [9.17, 15) is 0 Å². The summed E-state index contributed by atoms with van der Waals surface area (Å²) in [5.41, 5.74) is 1.50. The fraction of sp³-hybridized carbons (Fsp3) is 0.375. The van der Waals surface area contributed by atoms with Gasteiger partial charge in [0.25, 0.3) is 0 Å². The smallest absolute Gasteiger partial charge is 0.203 e. The van der Waals surface area contributed by atoms with Crippen LogP contribution < -0.4 is 24.8 Å². The van der Waals surface area contributed by atoms with E-state index in [2.05, 4.69) is 20.8 Å². The summed E-state index contributed by atoms with van der Waals surface area (Å²) in [6.45, 7) is 3.10. The van der Waals surface area contributed by atoms with E-state index in [4.69, 9.17) is 18.7 Å². The normalized spacial score (nSPS) is 11.1. The lowest BCUT2D eigenvalue weighted by Crippen LogP contribution is -2.30. The van der Waals surface area contributed by atoms with E-state index in [1.807, 2.05) is 19.1 Å². The molecule has 130 valence electrons. The molecular formula is C16H22N4O4. The quantitative estimate of drug-likeness (QED) is 0.593. The van der Waals surface area contributed by atoms with Gasteiger partial charge in [-0.2, -0.15) is 0 Å². The standard InChI is InChI=1S/C16H22N4O4/c1-5-17-16(18-10-11-6-7-24-20-11)19-12-8-13(21-2)15(23-4)14(9-12)22-3/h6-9H,5,10H2,1-4H3,(H2,17,18,19). The molecule has 0 aliphatic heterocycles. The maximum Gasteiger partial charge on any atom is 0.203 e.